The summed E-state index contributed by atoms with van der Waals surface area (Å²) < 4.78 is 20.1. The number of halogens is 1. The Kier molecular flexibility index (Phi) is 4.70. The molecule has 0 aliphatic carbocycles. The highest BCUT2D eigenvalue weighted by Crippen LogP contribution is 2.23. The molecule has 3 aromatic rings. The van der Waals surface area contributed by atoms with Crippen molar-refractivity contribution < 1.29 is 13.9 Å². The van der Waals surface area contributed by atoms with E-state index in [1.54, 1.807) is 30.5 Å². The van der Waals surface area contributed by atoms with Crippen molar-refractivity contribution in [2.24, 2.45) is 0 Å². The van der Waals surface area contributed by atoms with Crippen LogP contribution in [0.5, 0.6) is 11.6 Å². The van der Waals surface area contributed by atoms with Gasteiger partial charge in [-0.1, -0.05) is 12.1 Å². The molecule has 9 heteroatoms. The van der Waals surface area contributed by atoms with E-state index in [0.717, 1.165) is 0 Å². The summed E-state index contributed by atoms with van der Waals surface area (Å²) in [6, 6.07) is 9.24. The Hall–Kier alpha value is -3.36. The lowest BCUT2D eigenvalue weighted by Gasteiger charge is -2.10. The number of carbonyl (C=O) groups is 1. The Balaban J connectivity index is 1.64. The minimum atomic E-state index is -0.403. The molecule has 122 valence electrons. The van der Waals surface area contributed by atoms with Crippen LogP contribution in [0.1, 0.15) is 5.56 Å². The molecule has 0 radical (unpaired) electrons. The number of nitrogens with zero attached hydrogens (tertiary/aromatic N) is 5. The number of pyridine rings is 1. The standard InChI is InChI=1S/C15H13FN6O2/c16-12-4-1-5-13(7-12)24-15-11(3-2-6-17-15)8-18-14(23)9-22-10-19-20-21-22/h1-7,10H,8-9H2,(H,18,23). The molecule has 0 saturated carbocycles. The van der Waals surface area contributed by atoms with Crippen molar-refractivity contribution in [3.8, 4) is 11.6 Å². The molecule has 0 bridgehead atoms. The summed E-state index contributed by atoms with van der Waals surface area (Å²) in [5.74, 6) is -0.0385. The smallest absolute Gasteiger partial charge is 0.242 e. The second-order valence-corrected chi connectivity index (χ2v) is 4.81. The zero-order chi connectivity index (χ0) is 16.8. The van der Waals surface area contributed by atoms with Crippen LogP contribution in [0.4, 0.5) is 4.39 Å². The molecule has 0 atom stereocenters. The van der Waals surface area contributed by atoms with Gasteiger partial charge in [0.05, 0.1) is 0 Å². The third-order valence-corrected chi connectivity index (χ3v) is 3.03. The Morgan fingerprint density at radius 1 is 1.29 bits per heavy atom. The monoisotopic (exact) mass is 328 g/mol. The minimum absolute atomic E-state index is 0.00729. The van der Waals surface area contributed by atoms with E-state index in [1.165, 1.54) is 23.1 Å². The van der Waals surface area contributed by atoms with E-state index in [4.69, 9.17) is 4.74 Å². The van der Waals surface area contributed by atoms with Gasteiger partial charge < -0.3 is 10.1 Å². The fourth-order valence-electron chi connectivity index (χ4n) is 1.94. The number of carbonyl (C=O) groups excluding carboxylic acids is 1. The molecule has 0 saturated heterocycles. The largest absolute Gasteiger partial charge is 0.439 e. The number of aromatic nitrogens is 5. The maximum absolute atomic E-state index is 13.2. The van der Waals surface area contributed by atoms with E-state index in [0.29, 0.717) is 17.2 Å². The first kappa shape index (κ1) is 15.5. The number of rotatable bonds is 6. The Labute approximate surface area is 136 Å². The second kappa shape index (κ2) is 7.27. The molecule has 1 amide bonds. The molecule has 8 nitrogen and oxygen atoms in total. The minimum Gasteiger partial charge on any atom is -0.439 e. The fourth-order valence-corrected chi connectivity index (χ4v) is 1.94. The van der Waals surface area contributed by atoms with Crippen LogP contribution in [-0.4, -0.2) is 31.1 Å². The van der Waals surface area contributed by atoms with Crippen molar-refractivity contribution in [3.05, 3.63) is 60.3 Å². The first-order chi connectivity index (χ1) is 11.7. The van der Waals surface area contributed by atoms with Crippen LogP contribution >= 0.6 is 0 Å². The molecule has 24 heavy (non-hydrogen) atoms. The number of tetrazole rings is 1. The first-order valence-electron chi connectivity index (χ1n) is 7.05. The van der Waals surface area contributed by atoms with Crippen molar-refractivity contribution >= 4 is 5.91 Å². The SMILES string of the molecule is O=C(Cn1cnnn1)NCc1cccnc1Oc1cccc(F)c1. The molecule has 0 aliphatic heterocycles. The Morgan fingerprint density at radius 3 is 3.00 bits per heavy atom. The number of benzene rings is 1. The van der Waals surface area contributed by atoms with Gasteiger partial charge in [-0.3, -0.25) is 4.79 Å². The van der Waals surface area contributed by atoms with Crippen molar-refractivity contribution in [2.75, 3.05) is 0 Å². The topological polar surface area (TPSA) is 94.8 Å². The van der Waals surface area contributed by atoms with Gasteiger partial charge in [0, 0.05) is 24.4 Å². The Bertz CT molecular complexity index is 824. The highest BCUT2D eigenvalue weighted by molar-refractivity contribution is 5.75. The molecule has 1 aromatic carbocycles. The lowest BCUT2D eigenvalue weighted by molar-refractivity contribution is -0.122. The van der Waals surface area contributed by atoms with Gasteiger partial charge >= 0.3 is 0 Å². The maximum atomic E-state index is 13.2. The summed E-state index contributed by atoms with van der Waals surface area (Å²) in [5, 5.41) is 13.2. The molecule has 0 unspecified atom stereocenters. The van der Waals surface area contributed by atoms with Gasteiger partial charge in [0.25, 0.3) is 0 Å². The first-order valence-corrected chi connectivity index (χ1v) is 7.05. The zero-order valence-corrected chi connectivity index (χ0v) is 12.5. The summed E-state index contributed by atoms with van der Waals surface area (Å²) in [4.78, 5) is 16.0. The molecular formula is C15H13FN6O2. The predicted molar refractivity (Wildman–Crippen MR) is 80.4 cm³/mol. The van der Waals surface area contributed by atoms with Crippen LogP contribution in [0.25, 0.3) is 0 Å². The van der Waals surface area contributed by atoms with E-state index in [1.807, 2.05) is 0 Å². The van der Waals surface area contributed by atoms with Crippen molar-refractivity contribution in [3.63, 3.8) is 0 Å². The van der Waals surface area contributed by atoms with Crippen LogP contribution in [0.2, 0.25) is 0 Å². The van der Waals surface area contributed by atoms with Crippen molar-refractivity contribution in [1.29, 1.82) is 0 Å². The molecule has 0 fully saturated rings. The number of ether oxygens (including phenoxy) is 1. The van der Waals surface area contributed by atoms with Gasteiger partial charge in [-0.25, -0.2) is 14.1 Å². The van der Waals surface area contributed by atoms with Crippen LogP contribution in [0.3, 0.4) is 0 Å². The van der Waals surface area contributed by atoms with Crippen LogP contribution in [0.15, 0.2) is 48.9 Å². The van der Waals surface area contributed by atoms with Gasteiger partial charge in [-0.2, -0.15) is 0 Å². The zero-order valence-electron chi connectivity index (χ0n) is 12.5. The van der Waals surface area contributed by atoms with Gasteiger partial charge in [-0.15, -0.1) is 5.10 Å². The normalized spacial score (nSPS) is 10.4. The highest BCUT2D eigenvalue weighted by atomic mass is 19.1. The molecule has 2 aromatic heterocycles. The molecule has 0 spiro atoms. The number of hydrogen-bond acceptors (Lipinski definition) is 6. The quantitative estimate of drug-likeness (QED) is 0.733. The summed E-state index contributed by atoms with van der Waals surface area (Å²) in [7, 11) is 0. The third kappa shape index (κ3) is 4.09. The van der Waals surface area contributed by atoms with Crippen molar-refractivity contribution in [2.45, 2.75) is 13.1 Å². The van der Waals surface area contributed by atoms with Crippen LogP contribution in [0, 0.1) is 5.82 Å². The van der Waals surface area contributed by atoms with E-state index in [9.17, 15) is 9.18 Å². The van der Waals surface area contributed by atoms with Crippen LogP contribution in [-0.2, 0) is 17.9 Å². The lowest BCUT2D eigenvalue weighted by Crippen LogP contribution is -2.27. The number of nitrogens with one attached hydrogen (secondary N) is 1. The summed E-state index contributed by atoms with van der Waals surface area (Å²) >= 11 is 0. The molecule has 2 heterocycles. The van der Waals surface area contributed by atoms with Crippen molar-refractivity contribution in [1.82, 2.24) is 30.5 Å². The van der Waals surface area contributed by atoms with E-state index in [-0.39, 0.29) is 19.0 Å². The van der Waals surface area contributed by atoms with E-state index < -0.39 is 5.82 Å². The second-order valence-electron chi connectivity index (χ2n) is 4.81. The lowest BCUT2D eigenvalue weighted by atomic mass is 10.2. The third-order valence-electron chi connectivity index (χ3n) is 3.03. The molecule has 1 N–H and O–H groups in total. The van der Waals surface area contributed by atoms with Crippen LogP contribution < -0.4 is 10.1 Å². The summed E-state index contributed by atoms with van der Waals surface area (Å²) in [6.07, 6.45) is 2.91. The molecule has 3 rings (SSSR count). The summed E-state index contributed by atoms with van der Waals surface area (Å²) in [5.41, 5.74) is 0.659. The fraction of sp³-hybridized carbons (Fsp3) is 0.133. The van der Waals surface area contributed by atoms with Gasteiger partial charge in [-0.05, 0) is 28.6 Å². The maximum Gasteiger partial charge on any atom is 0.242 e. The van der Waals surface area contributed by atoms with E-state index >= 15 is 0 Å². The Morgan fingerprint density at radius 2 is 2.21 bits per heavy atom. The van der Waals surface area contributed by atoms with Gasteiger partial charge in [0.2, 0.25) is 11.8 Å². The van der Waals surface area contributed by atoms with Gasteiger partial charge in [0.1, 0.15) is 24.4 Å². The van der Waals surface area contributed by atoms with Gasteiger partial charge in [0.15, 0.2) is 0 Å². The highest BCUT2D eigenvalue weighted by Gasteiger charge is 2.09. The molecular weight excluding hydrogens is 315 g/mol. The number of amides is 1. The number of hydrogen-bond donors (Lipinski definition) is 1. The predicted octanol–water partition coefficient (Wildman–Crippen LogP) is 1.32. The molecule has 0 aliphatic rings. The average Bonchev–Trinajstić information content (AvgIpc) is 3.07. The average molecular weight is 328 g/mol. The summed E-state index contributed by atoms with van der Waals surface area (Å²) in [6.45, 7) is 0.215. The van der Waals surface area contributed by atoms with E-state index in [2.05, 4.69) is 25.8 Å².